The zero-order valence-corrected chi connectivity index (χ0v) is 17.0. The van der Waals surface area contributed by atoms with Crippen LogP contribution in [0.25, 0.3) is 0 Å². The average Bonchev–Trinajstić information content (AvgIpc) is 2.92. The molecule has 1 aromatic carbocycles. The van der Waals surface area contributed by atoms with Crippen molar-refractivity contribution in [3.05, 3.63) is 17.7 Å². The number of rotatable bonds is 5. The van der Waals surface area contributed by atoms with Gasteiger partial charge in [0.15, 0.2) is 11.5 Å². The van der Waals surface area contributed by atoms with Crippen molar-refractivity contribution in [1.29, 1.82) is 0 Å². The van der Waals surface area contributed by atoms with Gasteiger partial charge in [0.2, 0.25) is 5.75 Å². The second-order valence-corrected chi connectivity index (χ2v) is 7.40. The van der Waals surface area contributed by atoms with Crippen molar-refractivity contribution in [1.82, 2.24) is 10.3 Å². The van der Waals surface area contributed by atoms with E-state index in [0.29, 0.717) is 24.3 Å². The van der Waals surface area contributed by atoms with E-state index >= 15 is 0 Å². The molecule has 1 aliphatic heterocycles. The molecule has 2 fully saturated rings. The number of carbonyl (C=O) groups is 3. The fraction of sp³-hybridized carbons (Fsp3) is 0.500. The first kappa shape index (κ1) is 20.6. The molecule has 1 aromatic rings. The van der Waals surface area contributed by atoms with E-state index < -0.39 is 17.5 Å². The minimum atomic E-state index is -0.852. The summed E-state index contributed by atoms with van der Waals surface area (Å²) in [6, 6.07) is 2.61. The van der Waals surface area contributed by atoms with E-state index in [-0.39, 0.29) is 23.2 Å². The van der Waals surface area contributed by atoms with Crippen molar-refractivity contribution in [2.24, 2.45) is 11.0 Å². The summed E-state index contributed by atoms with van der Waals surface area (Å²) in [7, 11) is 2.85. The molecule has 2 aliphatic rings. The molecule has 1 heterocycles. The van der Waals surface area contributed by atoms with Gasteiger partial charge in [-0.3, -0.25) is 9.59 Å². The summed E-state index contributed by atoms with van der Waals surface area (Å²) in [5.41, 5.74) is -0.344. The molecule has 0 atom stereocenters. The lowest BCUT2D eigenvalue weighted by molar-refractivity contribution is -0.133. The maximum Gasteiger partial charge on any atom is 0.346 e. The molecule has 1 spiro atoms. The van der Waals surface area contributed by atoms with Crippen molar-refractivity contribution in [2.75, 3.05) is 14.2 Å². The van der Waals surface area contributed by atoms with Gasteiger partial charge in [-0.05, 0) is 43.7 Å². The van der Waals surface area contributed by atoms with Crippen molar-refractivity contribution in [2.45, 2.75) is 45.1 Å². The van der Waals surface area contributed by atoms with E-state index in [0.717, 1.165) is 17.9 Å². The lowest BCUT2D eigenvalue weighted by Crippen LogP contribution is -2.49. The molecule has 0 unspecified atom stereocenters. The Morgan fingerprint density at radius 1 is 1.21 bits per heavy atom. The Balaban J connectivity index is 1.85. The zero-order chi connectivity index (χ0) is 21.2. The van der Waals surface area contributed by atoms with Gasteiger partial charge in [0.25, 0.3) is 5.91 Å². The van der Waals surface area contributed by atoms with E-state index in [4.69, 9.17) is 14.2 Å². The van der Waals surface area contributed by atoms with Crippen LogP contribution < -0.4 is 19.5 Å². The number of imide groups is 1. The summed E-state index contributed by atoms with van der Waals surface area (Å²) < 4.78 is 15.7. The van der Waals surface area contributed by atoms with Gasteiger partial charge in [-0.15, -0.1) is 5.01 Å². The van der Waals surface area contributed by atoms with E-state index in [1.165, 1.54) is 27.4 Å². The van der Waals surface area contributed by atoms with Crippen LogP contribution in [0, 0.1) is 5.92 Å². The van der Waals surface area contributed by atoms with E-state index in [9.17, 15) is 14.4 Å². The lowest BCUT2D eigenvalue weighted by Gasteiger charge is -2.33. The topological polar surface area (TPSA) is 107 Å². The number of esters is 1. The molecule has 9 nitrogen and oxygen atoms in total. The molecule has 9 heteroatoms. The van der Waals surface area contributed by atoms with Gasteiger partial charge < -0.3 is 19.5 Å². The first-order chi connectivity index (χ1) is 13.8. The number of ether oxygens (including phenoxy) is 3. The van der Waals surface area contributed by atoms with Gasteiger partial charge in [-0.1, -0.05) is 6.92 Å². The maximum absolute atomic E-state index is 12.9. The van der Waals surface area contributed by atoms with Crippen molar-refractivity contribution in [3.8, 4) is 17.2 Å². The summed E-state index contributed by atoms with van der Waals surface area (Å²) in [5.74, 6) is 0.353. The summed E-state index contributed by atoms with van der Waals surface area (Å²) >= 11 is 0. The largest absolute Gasteiger partial charge is 0.493 e. The van der Waals surface area contributed by atoms with Crippen LogP contribution in [0.3, 0.4) is 0 Å². The third kappa shape index (κ3) is 4.03. The highest BCUT2D eigenvalue weighted by molar-refractivity contribution is 6.07. The highest BCUT2D eigenvalue weighted by Crippen LogP contribution is 2.39. The number of hydrogen-bond acceptors (Lipinski definition) is 7. The van der Waals surface area contributed by atoms with E-state index in [1.54, 1.807) is 12.1 Å². The standard InChI is InChI=1S/C20H25N3O6/c1-12-5-7-20(8-6-12)18(25)23(19(26)22-20)21-11-14-9-15(27-3)17(29-13(2)24)16(10-14)28-4/h9-12H,5-8H2,1-4H3,(H,22,26)/b21-11-. The predicted octanol–water partition coefficient (Wildman–Crippen LogP) is 2.46. The Morgan fingerprint density at radius 2 is 1.79 bits per heavy atom. The number of nitrogens with zero attached hydrogens (tertiary/aromatic N) is 2. The molecule has 0 bridgehead atoms. The third-order valence-electron chi connectivity index (χ3n) is 5.32. The predicted molar refractivity (Wildman–Crippen MR) is 104 cm³/mol. The molecular formula is C20H25N3O6. The minimum Gasteiger partial charge on any atom is -0.493 e. The van der Waals surface area contributed by atoms with Crippen LogP contribution in [-0.4, -0.2) is 48.9 Å². The number of nitrogens with one attached hydrogen (secondary N) is 1. The van der Waals surface area contributed by atoms with E-state index in [1.807, 2.05) is 0 Å². The van der Waals surface area contributed by atoms with Crippen molar-refractivity contribution < 1.29 is 28.6 Å². The van der Waals surface area contributed by atoms with Crippen LogP contribution in [0.4, 0.5) is 4.79 Å². The number of hydrazone groups is 1. The highest BCUT2D eigenvalue weighted by atomic mass is 16.6. The van der Waals surface area contributed by atoms with Gasteiger partial charge in [0.05, 0.1) is 20.4 Å². The molecule has 1 N–H and O–H groups in total. The molecule has 29 heavy (non-hydrogen) atoms. The van der Waals surface area contributed by atoms with Gasteiger partial charge in [0.1, 0.15) is 5.54 Å². The monoisotopic (exact) mass is 403 g/mol. The Labute approximate surface area is 169 Å². The number of carbonyl (C=O) groups excluding carboxylic acids is 3. The lowest BCUT2D eigenvalue weighted by atomic mass is 9.77. The first-order valence-corrected chi connectivity index (χ1v) is 9.45. The van der Waals surface area contributed by atoms with Crippen molar-refractivity contribution >= 4 is 24.1 Å². The van der Waals surface area contributed by atoms with Crippen LogP contribution in [-0.2, 0) is 9.59 Å². The second-order valence-electron chi connectivity index (χ2n) is 7.40. The smallest absolute Gasteiger partial charge is 0.346 e. The van der Waals surface area contributed by atoms with Gasteiger partial charge in [0, 0.05) is 12.5 Å². The molecule has 3 amide bonds. The molecule has 1 saturated heterocycles. The Morgan fingerprint density at radius 3 is 2.31 bits per heavy atom. The third-order valence-corrected chi connectivity index (χ3v) is 5.32. The van der Waals surface area contributed by atoms with Crippen LogP contribution in [0.5, 0.6) is 17.2 Å². The van der Waals surface area contributed by atoms with Crippen LogP contribution in [0.1, 0.15) is 45.1 Å². The van der Waals surface area contributed by atoms with Gasteiger partial charge >= 0.3 is 12.0 Å². The molecule has 3 rings (SSSR count). The minimum absolute atomic E-state index is 0.143. The number of amides is 3. The average molecular weight is 403 g/mol. The van der Waals surface area contributed by atoms with Crippen molar-refractivity contribution in [3.63, 3.8) is 0 Å². The normalized spacial score (nSPS) is 24.1. The van der Waals surface area contributed by atoms with Gasteiger partial charge in [-0.25, -0.2) is 4.79 Å². The molecule has 1 aliphatic carbocycles. The summed E-state index contributed by atoms with van der Waals surface area (Å²) in [6.07, 6.45) is 4.36. The van der Waals surface area contributed by atoms with Crippen LogP contribution in [0.15, 0.2) is 17.2 Å². The Kier molecular flexibility index (Phi) is 5.76. The Hall–Kier alpha value is -3.10. The summed E-state index contributed by atoms with van der Waals surface area (Å²) in [6.45, 7) is 3.41. The fourth-order valence-corrected chi connectivity index (χ4v) is 3.65. The number of hydrogen-bond donors (Lipinski definition) is 1. The fourth-order valence-electron chi connectivity index (χ4n) is 3.65. The quantitative estimate of drug-likeness (QED) is 0.350. The number of methoxy groups -OCH3 is 2. The zero-order valence-electron chi connectivity index (χ0n) is 17.0. The molecule has 0 radical (unpaired) electrons. The SMILES string of the molecule is COc1cc(/C=N\N2C(=O)NC3(CCC(C)CC3)C2=O)cc(OC)c1OC(C)=O. The van der Waals surface area contributed by atoms with E-state index in [2.05, 4.69) is 17.3 Å². The van der Waals surface area contributed by atoms with Gasteiger partial charge in [-0.2, -0.15) is 5.10 Å². The second kappa shape index (κ2) is 8.10. The molecule has 1 saturated carbocycles. The van der Waals surface area contributed by atoms with Crippen LogP contribution >= 0.6 is 0 Å². The first-order valence-electron chi connectivity index (χ1n) is 9.45. The highest BCUT2D eigenvalue weighted by Gasteiger charge is 2.52. The molecular weight excluding hydrogens is 378 g/mol. The summed E-state index contributed by atoms with van der Waals surface area (Å²) in [5, 5.41) is 7.78. The Bertz CT molecular complexity index is 833. The summed E-state index contributed by atoms with van der Waals surface area (Å²) in [4.78, 5) is 36.5. The molecule has 156 valence electrons. The molecule has 0 aromatic heterocycles. The number of benzene rings is 1. The number of urea groups is 1. The maximum atomic E-state index is 12.9. The van der Waals surface area contributed by atoms with Crippen LogP contribution in [0.2, 0.25) is 0 Å².